The van der Waals surface area contributed by atoms with Crippen molar-refractivity contribution in [1.82, 2.24) is 15.0 Å². The maximum atomic E-state index is 12.7. The van der Waals surface area contributed by atoms with Crippen LogP contribution in [0.3, 0.4) is 0 Å². The van der Waals surface area contributed by atoms with Crippen molar-refractivity contribution in [3.05, 3.63) is 48.7 Å². The zero-order valence-corrected chi connectivity index (χ0v) is 14.3. The van der Waals surface area contributed by atoms with E-state index in [1.807, 2.05) is 12.1 Å². The Balaban J connectivity index is 1.56. The summed E-state index contributed by atoms with van der Waals surface area (Å²) in [5.41, 5.74) is 1.12. The van der Waals surface area contributed by atoms with Gasteiger partial charge in [0.05, 0.1) is 18.1 Å². The lowest BCUT2D eigenvalue weighted by molar-refractivity contribution is 0.0836. The van der Waals surface area contributed by atoms with E-state index < -0.39 is 10.0 Å². The molecule has 0 aliphatic carbocycles. The molecule has 1 aliphatic rings. The van der Waals surface area contributed by atoms with E-state index in [-0.39, 0.29) is 10.8 Å². The highest BCUT2D eigenvalue weighted by molar-refractivity contribution is 7.93. The van der Waals surface area contributed by atoms with Crippen molar-refractivity contribution in [2.45, 2.75) is 23.7 Å². The average Bonchev–Trinajstić information content (AvgIpc) is 3.08. The fraction of sp³-hybridized carbons (Fsp3) is 0.294. The number of rotatable bonds is 4. The molecule has 2 aromatic heterocycles. The largest absolute Gasteiger partial charge is 0.381 e. The first kappa shape index (κ1) is 16.0. The number of sulfonamides is 1. The third-order valence-corrected chi connectivity index (χ3v) is 5.77. The highest BCUT2D eigenvalue weighted by atomic mass is 32.2. The van der Waals surface area contributed by atoms with Crippen molar-refractivity contribution in [2.24, 2.45) is 0 Å². The van der Waals surface area contributed by atoms with Gasteiger partial charge in [-0.05, 0) is 18.9 Å². The minimum absolute atomic E-state index is 0.205. The average molecular weight is 358 g/mol. The van der Waals surface area contributed by atoms with Gasteiger partial charge in [-0.2, -0.15) is 0 Å². The molecule has 3 heterocycles. The molecule has 0 radical (unpaired) electrons. The molecule has 0 spiro atoms. The maximum absolute atomic E-state index is 12.7. The molecule has 3 aromatic rings. The second-order valence-corrected chi connectivity index (χ2v) is 7.67. The number of anilines is 1. The van der Waals surface area contributed by atoms with Crippen molar-refractivity contribution in [1.29, 1.82) is 0 Å². The Kier molecular flexibility index (Phi) is 4.14. The Morgan fingerprint density at radius 1 is 1.12 bits per heavy atom. The molecule has 1 fully saturated rings. The molecule has 25 heavy (non-hydrogen) atoms. The molecule has 0 unspecified atom stereocenters. The molecule has 2 N–H and O–H groups in total. The smallest absolute Gasteiger partial charge is 0.264 e. The van der Waals surface area contributed by atoms with Crippen LogP contribution in [0.4, 0.5) is 5.69 Å². The molecule has 8 heteroatoms. The van der Waals surface area contributed by atoms with Crippen LogP contribution in [0.15, 0.2) is 47.8 Å². The van der Waals surface area contributed by atoms with Gasteiger partial charge in [0.25, 0.3) is 10.0 Å². The number of nitrogens with one attached hydrogen (secondary N) is 2. The lowest BCUT2D eigenvalue weighted by atomic mass is 10.00. The van der Waals surface area contributed by atoms with Gasteiger partial charge >= 0.3 is 0 Å². The number of ether oxygens (including phenoxy) is 1. The van der Waals surface area contributed by atoms with E-state index in [0.29, 0.717) is 24.3 Å². The fourth-order valence-electron chi connectivity index (χ4n) is 3.03. The number of aromatic nitrogens is 3. The summed E-state index contributed by atoms with van der Waals surface area (Å²) in [6, 6.07) is 7.26. The van der Waals surface area contributed by atoms with Crippen molar-refractivity contribution in [3.63, 3.8) is 0 Å². The highest BCUT2D eigenvalue weighted by Crippen LogP contribution is 2.26. The zero-order valence-electron chi connectivity index (χ0n) is 13.5. The number of hydrogen-bond donors (Lipinski definition) is 2. The van der Waals surface area contributed by atoms with Gasteiger partial charge in [-0.1, -0.05) is 18.2 Å². The summed E-state index contributed by atoms with van der Waals surface area (Å²) in [5.74, 6) is 1.01. The van der Waals surface area contributed by atoms with E-state index in [0.717, 1.165) is 24.2 Å². The van der Waals surface area contributed by atoms with Gasteiger partial charge in [-0.15, -0.1) is 0 Å². The Labute approximate surface area is 145 Å². The molecule has 1 saturated heterocycles. The maximum Gasteiger partial charge on any atom is 0.264 e. The summed E-state index contributed by atoms with van der Waals surface area (Å²) in [4.78, 5) is 11.8. The molecular weight excluding hydrogens is 340 g/mol. The van der Waals surface area contributed by atoms with Crippen LogP contribution < -0.4 is 4.72 Å². The van der Waals surface area contributed by atoms with Crippen molar-refractivity contribution < 1.29 is 13.2 Å². The molecule has 130 valence electrons. The first-order chi connectivity index (χ1) is 12.1. The lowest BCUT2D eigenvalue weighted by Gasteiger charge is -2.20. The minimum atomic E-state index is -3.72. The quantitative estimate of drug-likeness (QED) is 0.747. The number of benzene rings is 1. The van der Waals surface area contributed by atoms with Crippen LogP contribution in [0, 0.1) is 0 Å². The van der Waals surface area contributed by atoms with E-state index in [1.165, 1.54) is 18.6 Å². The normalized spacial score (nSPS) is 16.2. The Morgan fingerprint density at radius 3 is 2.60 bits per heavy atom. The molecule has 7 nitrogen and oxygen atoms in total. The van der Waals surface area contributed by atoms with Gasteiger partial charge in [-0.25, -0.2) is 18.4 Å². The molecule has 1 aromatic carbocycles. The van der Waals surface area contributed by atoms with Crippen molar-refractivity contribution in [3.8, 4) is 0 Å². The van der Waals surface area contributed by atoms with E-state index >= 15 is 0 Å². The first-order valence-electron chi connectivity index (χ1n) is 8.12. The number of aromatic amines is 1. The van der Waals surface area contributed by atoms with Crippen LogP contribution in [0.25, 0.3) is 10.9 Å². The van der Waals surface area contributed by atoms with E-state index in [4.69, 9.17) is 4.74 Å². The van der Waals surface area contributed by atoms with Gasteiger partial charge in [0, 0.05) is 36.2 Å². The van der Waals surface area contributed by atoms with E-state index in [1.54, 1.807) is 12.1 Å². The van der Waals surface area contributed by atoms with Crippen LogP contribution in [-0.4, -0.2) is 36.6 Å². The summed E-state index contributed by atoms with van der Waals surface area (Å²) in [5, 5.41) is 0.648. The van der Waals surface area contributed by atoms with Crippen LogP contribution in [0.2, 0.25) is 0 Å². The summed E-state index contributed by atoms with van der Waals surface area (Å²) in [7, 11) is -3.72. The Hall–Kier alpha value is -2.45. The zero-order chi connectivity index (χ0) is 17.3. The number of para-hydroxylation sites is 1. The van der Waals surface area contributed by atoms with Gasteiger partial charge in [-0.3, -0.25) is 4.72 Å². The molecular formula is C17H18N4O3S. The van der Waals surface area contributed by atoms with Crippen molar-refractivity contribution in [2.75, 3.05) is 17.9 Å². The summed E-state index contributed by atoms with van der Waals surface area (Å²) < 4.78 is 33.2. The predicted octanol–water partition coefficient (Wildman–Crippen LogP) is 2.65. The molecule has 0 bridgehead atoms. The molecule has 0 atom stereocenters. The molecule has 4 rings (SSSR count). The van der Waals surface area contributed by atoms with Crippen LogP contribution in [0.5, 0.6) is 0 Å². The standard InChI is InChI=1S/C17H18N4O3S/c22-25(23,16-11-18-15-4-2-1-3-14(15)16)21-13-9-19-17(20-10-13)12-5-7-24-8-6-12/h1-4,9-12,18,21H,5-8H2. The van der Waals surface area contributed by atoms with Gasteiger partial charge in [0.2, 0.25) is 0 Å². The Morgan fingerprint density at radius 2 is 1.84 bits per heavy atom. The predicted molar refractivity (Wildman–Crippen MR) is 93.9 cm³/mol. The van der Waals surface area contributed by atoms with Gasteiger partial charge in [0.15, 0.2) is 0 Å². The number of H-pyrrole nitrogens is 1. The second-order valence-electron chi connectivity index (χ2n) is 6.02. The van der Waals surface area contributed by atoms with Crippen LogP contribution in [0.1, 0.15) is 24.6 Å². The highest BCUT2D eigenvalue weighted by Gasteiger charge is 2.21. The summed E-state index contributed by atoms with van der Waals surface area (Å²) in [6.07, 6.45) is 6.31. The monoisotopic (exact) mass is 358 g/mol. The number of fused-ring (bicyclic) bond motifs is 1. The SMILES string of the molecule is O=S(=O)(Nc1cnc(C2CCOCC2)nc1)c1c[nH]c2ccccc12. The third kappa shape index (κ3) is 3.22. The molecule has 0 amide bonds. The number of nitrogens with zero attached hydrogens (tertiary/aromatic N) is 2. The van der Waals surface area contributed by atoms with Crippen LogP contribution >= 0.6 is 0 Å². The number of hydrogen-bond acceptors (Lipinski definition) is 5. The lowest BCUT2D eigenvalue weighted by Crippen LogP contribution is -2.17. The third-order valence-electron chi connectivity index (χ3n) is 4.35. The second kappa shape index (κ2) is 6.45. The van der Waals surface area contributed by atoms with Gasteiger partial charge < -0.3 is 9.72 Å². The van der Waals surface area contributed by atoms with Crippen LogP contribution in [-0.2, 0) is 14.8 Å². The van der Waals surface area contributed by atoms with E-state index in [9.17, 15) is 8.42 Å². The minimum Gasteiger partial charge on any atom is -0.381 e. The fourth-order valence-corrected chi connectivity index (χ4v) is 4.24. The van der Waals surface area contributed by atoms with Crippen molar-refractivity contribution >= 4 is 26.6 Å². The summed E-state index contributed by atoms with van der Waals surface area (Å²) >= 11 is 0. The van der Waals surface area contributed by atoms with Gasteiger partial charge in [0.1, 0.15) is 10.7 Å². The van der Waals surface area contributed by atoms with E-state index in [2.05, 4.69) is 19.7 Å². The Bertz CT molecular complexity index is 977. The topological polar surface area (TPSA) is 97.0 Å². The molecule has 0 saturated carbocycles. The first-order valence-corrected chi connectivity index (χ1v) is 9.60. The summed E-state index contributed by atoms with van der Waals surface area (Å²) in [6.45, 7) is 1.42. The molecule has 1 aliphatic heterocycles.